The molecular formula is C20H19Cl2N3O2S. The van der Waals surface area contributed by atoms with Gasteiger partial charge in [0, 0.05) is 27.6 Å². The number of amides is 1. The van der Waals surface area contributed by atoms with E-state index in [1.54, 1.807) is 24.1 Å². The predicted molar refractivity (Wildman–Crippen MR) is 113 cm³/mol. The molecule has 1 unspecified atom stereocenters. The summed E-state index contributed by atoms with van der Waals surface area (Å²) in [6, 6.07) is 14.6. The van der Waals surface area contributed by atoms with E-state index in [-0.39, 0.29) is 17.7 Å². The van der Waals surface area contributed by atoms with Gasteiger partial charge in [0.25, 0.3) is 0 Å². The van der Waals surface area contributed by atoms with Crippen LogP contribution in [0.25, 0.3) is 11.4 Å². The third-order valence-corrected chi connectivity index (χ3v) is 5.93. The fourth-order valence-corrected chi connectivity index (χ4v) is 3.87. The summed E-state index contributed by atoms with van der Waals surface area (Å²) in [5, 5.41) is 5.10. The van der Waals surface area contributed by atoms with Gasteiger partial charge in [-0.05, 0) is 55.0 Å². The van der Waals surface area contributed by atoms with Crippen molar-refractivity contribution < 1.29 is 9.32 Å². The highest BCUT2D eigenvalue weighted by molar-refractivity contribution is 8.00. The van der Waals surface area contributed by atoms with E-state index in [9.17, 15) is 4.79 Å². The Kier molecular flexibility index (Phi) is 6.99. The Morgan fingerprint density at radius 1 is 1.11 bits per heavy atom. The first-order valence-electron chi connectivity index (χ1n) is 8.72. The molecule has 3 rings (SSSR count). The van der Waals surface area contributed by atoms with Crippen LogP contribution < -0.4 is 0 Å². The first-order valence-corrected chi connectivity index (χ1v) is 10.4. The lowest BCUT2D eigenvalue weighted by Crippen LogP contribution is -2.34. The molecule has 0 bridgehead atoms. The van der Waals surface area contributed by atoms with Crippen LogP contribution >= 0.6 is 35.0 Å². The second-order valence-corrected chi connectivity index (χ2v) is 8.33. The fraction of sp³-hybridized carbons (Fsp3) is 0.250. The third-order valence-electron chi connectivity index (χ3n) is 4.06. The van der Waals surface area contributed by atoms with Gasteiger partial charge < -0.3 is 9.42 Å². The van der Waals surface area contributed by atoms with E-state index in [2.05, 4.69) is 10.1 Å². The van der Waals surface area contributed by atoms with E-state index in [1.807, 2.05) is 43.3 Å². The summed E-state index contributed by atoms with van der Waals surface area (Å²) in [7, 11) is 1.74. The molecule has 1 amide bonds. The molecule has 1 aromatic heterocycles. The number of halogens is 2. The molecule has 5 nitrogen and oxygen atoms in total. The van der Waals surface area contributed by atoms with Gasteiger partial charge in [0.05, 0.1) is 11.8 Å². The minimum Gasteiger partial charge on any atom is -0.337 e. The zero-order chi connectivity index (χ0) is 20.1. The number of thioether (sulfide) groups is 1. The molecule has 0 N–H and O–H groups in total. The van der Waals surface area contributed by atoms with Crippen molar-refractivity contribution >= 4 is 40.9 Å². The van der Waals surface area contributed by atoms with Gasteiger partial charge in [-0.3, -0.25) is 4.79 Å². The van der Waals surface area contributed by atoms with Crippen LogP contribution in [-0.2, 0) is 11.3 Å². The van der Waals surface area contributed by atoms with Gasteiger partial charge >= 0.3 is 0 Å². The highest BCUT2D eigenvalue weighted by Crippen LogP contribution is 2.28. The molecule has 0 fully saturated rings. The summed E-state index contributed by atoms with van der Waals surface area (Å²) in [6.45, 7) is 2.24. The van der Waals surface area contributed by atoms with Gasteiger partial charge in [-0.1, -0.05) is 35.3 Å². The molecule has 0 radical (unpaired) electrons. The van der Waals surface area contributed by atoms with E-state index >= 15 is 0 Å². The molecule has 28 heavy (non-hydrogen) atoms. The molecule has 8 heteroatoms. The lowest BCUT2D eigenvalue weighted by molar-refractivity contribution is -0.130. The monoisotopic (exact) mass is 435 g/mol. The highest BCUT2D eigenvalue weighted by atomic mass is 35.5. The Labute approximate surface area is 178 Å². The number of carbonyl (C=O) groups excluding carboxylic acids is 1. The summed E-state index contributed by atoms with van der Waals surface area (Å²) in [6.07, 6.45) is 0.705. The summed E-state index contributed by atoms with van der Waals surface area (Å²) >= 11 is 13.3. The molecule has 146 valence electrons. The van der Waals surface area contributed by atoms with Gasteiger partial charge in [-0.15, -0.1) is 11.8 Å². The van der Waals surface area contributed by atoms with Crippen LogP contribution in [0.5, 0.6) is 0 Å². The molecule has 0 aliphatic carbocycles. The van der Waals surface area contributed by atoms with Crippen LogP contribution in [0, 0.1) is 0 Å². The van der Waals surface area contributed by atoms with Crippen molar-refractivity contribution in [2.45, 2.75) is 30.0 Å². The average molecular weight is 436 g/mol. The number of carbonyl (C=O) groups is 1. The van der Waals surface area contributed by atoms with Crippen molar-refractivity contribution in [1.82, 2.24) is 15.0 Å². The Balaban J connectivity index is 1.64. The standard InChI is InChI=1S/C20H19Cl2N3O2S/c1-3-17(28-16-10-8-15(22)9-11-16)20(26)25(2)12-18-23-19(24-27-18)13-4-6-14(21)7-5-13/h4-11,17H,3,12H2,1-2H3. The zero-order valence-electron chi connectivity index (χ0n) is 15.4. The number of hydrogen-bond donors (Lipinski definition) is 0. The first kappa shape index (κ1) is 20.7. The van der Waals surface area contributed by atoms with Crippen LogP contribution in [0.1, 0.15) is 19.2 Å². The second kappa shape index (κ2) is 9.45. The fourth-order valence-electron chi connectivity index (χ4n) is 2.55. The Morgan fingerprint density at radius 2 is 1.71 bits per heavy atom. The summed E-state index contributed by atoms with van der Waals surface area (Å²) in [5.41, 5.74) is 0.804. The van der Waals surface area contributed by atoms with Crippen LogP contribution in [0.3, 0.4) is 0 Å². The maximum Gasteiger partial charge on any atom is 0.246 e. The Morgan fingerprint density at radius 3 is 2.32 bits per heavy atom. The molecule has 0 saturated carbocycles. The SMILES string of the molecule is CCC(Sc1ccc(Cl)cc1)C(=O)N(C)Cc1nc(-c2ccc(Cl)cc2)no1. The third kappa shape index (κ3) is 5.28. The van der Waals surface area contributed by atoms with Gasteiger partial charge in [-0.25, -0.2) is 0 Å². The Bertz CT molecular complexity index is 929. The molecule has 1 heterocycles. The van der Waals surface area contributed by atoms with Crippen molar-refractivity contribution in [3.63, 3.8) is 0 Å². The van der Waals surface area contributed by atoms with E-state index < -0.39 is 0 Å². The molecule has 0 saturated heterocycles. The van der Waals surface area contributed by atoms with Gasteiger partial charge in [0.15, 0.2) is 0 Å². The highest BCUT2D eigenvalue weighted by Gasteiger charge is 2.23. The van der Waals surface area contributed by atoms with E-state index in [4.69, 9.17) is 27.7 Å². The van der Waals surface area contributed by atoms with Crippen LogP contribution in [0.15, 0.2) is 57.9 Å². The summed E-state index contributed by atoms with van der Waals surface area (Å²) in [5.74, 6) is 0.857. The van der Waals surface area contributed by atoms with Crippen molar-refractivity contribution in [1.29, 1.82) is 0 Å². The summed E-state index contributed by atoms with van der Waals surface area (Å²) < 4.78 is 5.31. The number of hydrogen-bond acceptors (Lipinski definition) is 5. The van der Waals surface area contributed by atoms with Gasteiger partial charge in [-0.2, -0.15) is 4.98 Å². The topological polar surface area (TPSA) is 59.2 Å². The normalized spacial score (nSPS) is 12.0. The predicted octanol–water partition coefficient (Wildman–Crippen LogP) is 5.57. The van der Waals surface area contributed by atoms with E-state index in [0.29, 0.717) is 28.2 Å². The van der Waals surface area contributed by atoms with Crippen molar-refractivity contribution in [2.75, 3.05) is 7.05 Å². The summed E-state index contributed by atoms with van der Waals surface area (Å²) in [4.78, 5) is 19.8. The minimum absolute atomic E-state index is 0.00805. The maximum atomic E-state index is 12.8. The van der Waals surface area contributed by atoms with Crippen LogP contribution in [0.4, 0.5) is 0 Å². The maximum absolute atomic E-state index is 12.8. The lowest BCUT2D eigenvalue weighted by atomic mass is 10.2. The lowest BCUT2D eigenvalue weighted by Gasteiger charge is -2.21. The minimum atomic E-state index is -0.204. The van der Waals surface area contributed by atoms with E-state index in [1.165, 1.54) is 11.8 Å². The van der Waals surface area contributed by atoms with Crippen molar-refractivity contribution in [3.05, 3.63) is 64.5 Å². The van der Waals surface area contributed by atoms with Crippen molar-refractivity contribution in [3.8, 4) is 11.4 Å². The number of benzene rings is 2. The van der Waals surface area contributed by atoms with Crippen LogP contribution in [-0.4, -0.2) is 33.2 Å². The molecule has 0 aliphatic heterocycles. The van der Waals surface area contributed by atoms with E-state index in [0.717, 1.165) is 10.5 Å². The molecule has 0 aliphatic rings. The number of rotatable bonds is 7. The van der Waals surface area contributed by atoms with Gasteiger partial charge in [0.2, 0.25) is 17.6 Å². The number of nitrogens with zero attached hydrogens (tertiary/aromatic N) is 3. The average Bonchev–Trinajstić information content (AvgIpc) is 3.16. The molecule has 0 spiro atoms. The van der Waals surface area contributed by atoms with Crippen LogP contribution in [0.2, 0.25) is 10.0 Å². The first-order chi connectivity index (χ1) is 13.5. The largest absolute Gasteiger partial charge is 0.337 e. The molecular weight excluding hydrogens is 417 g/mol. The van der Waals surface area contributed by atoms with Crippen molar-refractivity contribution in [2.24, 2.45) is 0 Å². The zero-order valence-corrected chi connectivity index (χ0v) is 17.8. The quantitative estimate of drug-likeness (QED) is 0.453. The number of aromatic nitrogens is 2. The Hall–Kier alpha value is -2.02. The molecule has 3 aromatic rings. The smallest absolute Gasteiger partial charge is 0.246 e. The van der Waals surface area contributed by atoms with Gasteiger partial charge in [0.1, 0.15) is 0 Å². The molecule has 1 atom stereocenters. The second-order valence-electron chi connectivity index (χ2n) is 6.18. The molecule has 2 aromatic carbocycles.